The van der Waals surface area contributed by atoms with Crippen molar-refractivity contribution in [3.8, 4) is 16.9 Å². The smallest absolute Gasteiger partial charge is 0.327 e. The lowest BCUT2D eigenvalue weighted by Crippen LogP contribution is -2.59. The molecule has 0 saturated carbocycles. The van der Waals surface area contributed by atoms with E-state index in [1.165, 1.54) is 18.9 Å². The van der Waals surface area contributed by atoms with Crippen molar-refractivity contribution in [1.29, 1.82) is 0 Å². The Morgan fingerprint density at radius 1 is 1.03 bits per heavy atom. The van der Waals surface area contributed by atoms with Crippen molar-refractivity contribution in [3.05, 3.63) is 53.6 Å². The van der Waals surface area contributed by atoms with Gasteiger partial charge in [0.15, 0.2) is 5.78 Å². The van der Waals surface area contributed by atoms with E-state index in [-0.39, 0.29) is 24.1 Å². The molecule has 8 heteroatoms. The number of Topliss-reactive ketones (excluding diaryl/α,β-unsaturated/α-hetero) is 1. The zero-order valence-electron chi connectivity index (χ0n) is 21.7. The van der Waals surface area contributed by atoms with E-state index in [0.29, 0.717) is 24.3 Å². The van der Waals surface area contributed by atoms with Gasteiger partial charge in [-0.05, 0) is 56.8 Å². The third-order valence-corrected chi connectivity index (χ3v) is 8.38. The highest BCUT2D eigenvalue weighted by atomic mass is 16.5. The van der Waals surface area contributed by atoms with Crippen LogP contribution in [-0.2, 0) is 19.1 Å². The Morgan fingerprint density at radius 2 is 1.76 bits per heavy atom. The molecule has 0 radical (unpaired) electrons. The summed E-state index contributed by atoms with van der Waals surface area (Å²) in [5, 5.41) is 0. The molecule has 3 saturated heterocycles. The highest BCUT2D eigenvalue weighted by Crippen LogP contribution is 2.58. The van der Waals surface area contributed by atoms with Gasteiger partial charge in [0, 0.05) is 23.7 Å². The molecule has 3 heterocycles. The SMILES string of the molecule is CCN1C(=O)C2C(c3ccc(-c4ccc(C(C)=O)cc4)c(OC)c3)N3CCCC[C@@]3(C(=O)OC)C2C1=O. The number of carbonyl (C=O) groups excluding carboxylic acids is 4. The lowest BCUT2D eigenvalue weighted by atomic mass is 9.75. The number of esters is 1. The standard InChI is InChI=1S/C29H32N2O6/c1-5-30-26(33)23-24(27(30)34)29(28(35)37-4)14-6-7-15-31(29)25(23)20-12-13-21(22(16-20)36-3)19-10-8-18(9-11-19)17(2)32/h8-13,16,23-25H,5-7,14-15H2,1-4H3/t23?,24?,25?,29-/m0/s1. The minimum Gasteiger partial charge on any atom is -0.496 e. The number of fused-ring (bicyclic) bond motifs is 3. The van der Waals surface area contributed by atoms with E-state index in [1.54, 1.807) is 26.2 Å². The van der Waals surface area contributed by atoms with Gasteiger partial charge in [0.1, 0.15) is 11.3 Å². The van der Waals surface area contributed by atoms with Crippen LogP contribution < -0.4 is 4.74 Å². The van der Waals surface area contributed by atoms with Crippen LogP contribution in [0.2, 0.25) is 0 Å². The lowest BCUT2D eigenvalue weighted by Gasteiger charge is -2.44. The molecule has 0 N–H and O–H groups in total. The summed E-state index contributed by atoms with van der Waals surface area (Å²) >= 11 is 0. The van der Waals surface area contributed by atoms with Crippen LogP contribution in [0.4, 0.5) is 0 Å². The van der Waals surface area contributed by atoms with Gasteiger partial charge in [-0.3, -0.25) is 29.0 Å². The van der Waals surface area contributed by atoms with Crippen molar-refractivity contribution >= 4 is 23.6 Å². The Hall–Kier alpha value is -3.52. The van der Waals surface area contributed by atoms with Crippen molar-refractivity contribution in [2.24, 2.45) is 11.8 Å². The van der Waals surface area contributed by atoms with Crippen LogP contribution in [0.15, 0.2) is 42.5 Å². The summed E-state index contributed by atoms with van der Waals surface area (Å²) in [6.45, 7) is 4.18. The lowest BCUT2D eigenvalue weighted by molar-refractivity contribution is -0.164. The zero-order chi connectivity index (χ0) is 26.5. The molecule has 4 atom stereocenters. The van der Waals surface area contributed by atoms with Crippen molar-refractivity contribution in [2.45, 2.75) is 44.7 Å². The topological polar surface area (TPSA) is 93.2 Å². The van der Waals surface area contributed by atoms with Crippen molar-refractivity contribution in [1.82, 2.24) is 9.80 Å². The first kappa shape index (κ1) is 25.1. The molecule has 3 unspecified atom stereocenters. The average Bonchev–Trinajstić information content (AvgIpc) is 3.37. The van der Waals surface area contributed by atoms with E-state index >= 15 is 0 Å². The summed E-state index contributed by atoms with van der Waals surface area (Å²) in [5.41, 5.74) is 2.03. The molecule has 8 nitrogen and oxygen atoms in total. The molecule has 5 rings (SSSR count). The highest BCUT2D eigenvalue weighted by Gasteiger charge is 2.72. The Bertz CT molecular complexity index is 1270. The number of nitrogens with zero attached hydrogens (tertiary/aromatic N) is 2. The maximum atomic E-state index is 13.6. The molecule has 3 aliphatic rings. The predicted octanol–water partition coefficient (Wildman–Crippen LogP) is 3.64. The number of likely N-dealkylation sites (tertiary alicyclic amines) is 1. The van der Waals surface area contributed by atoms with Crippen LogP contribution in [0.3, 0.4) is 0 Å². The minimum atomic E-state index is -1.16. The fourth-order valence-corrected chi connectivity index (χ4v) is 6.74. The average molecular weight is 505 g/mol. The molecule has 2 aromatic rings. The number of benzene rings is 2. The summed E-state index contributed by atoms with van der Waals surface area (Å²) in [4.78, 5) is 55.6. The quantitative estimate of drug-likeness (QED) is 0.337. The number of hydrogen-bond donors (Lipinski definition) is 0. The number of hydrogen-bond acceptors (Lipinski definition) is 7. The van der Waals surface area contributed by atoms with Crippen LogP contribution >= 0.6 is 0 Å². The van der Waals surface area contributed by atoms with Gasteiger partial charge in [0.25, 0.3) is 0 Å². The number of carbonyl (C=O) groups is 4. The van der Waals surface area contributed by atoms with E-state index in [0.717, 1.165) is 29.5 Å². The molecule has 194 valence electrons. The van der Waals surface area contributed by atoms with E-state index < -0.39 is 29.4 Å². The first-order valence-corrected chi connectivity index (χ1v) is 12.8. The first-order chi connectivity index (χ1) is 17.8. The van der Waals surface area contributed by atoms with Gasteiger partial charge in [0.2, 0.25) is 11.8 Å². The Labute approximate surface area is 216 Å². The molecule has 2 amide bonds. The number of ketones is 1. The number of imide groups is 1. The molecular weight excluding hydrogens is 472 g/mol. The monoisotopic (exact) mass is 504 g/mol. The number of methoxy groups -OCH3 is 2. The molecule has 3 aliphatic heterocycles. The second-order valence-electron chi connectivity index (χ2n) is 10.0. The summed E-state index contributed by atoms with van der Waals surface area (Å²) in [5.74, 6) is -1.80. The third-order valence-electron chi connectivity index (χ3n) is 8.38. The number of ether oxygens (including phenoxy) is 2. The first-order valence-electron chi connectivity index (χ1n) is 12.8. The molecule has 2 aromatic carbocycles. The Morgan fingerprint density at radius 3 is 2.38 bits per heavy atom. The number of piperidine rings is 1. The second kappa shape index (κ2) is 9.41. The van der Waals surface area contributed by atoms with Crippen LogP contribution in [0.1, 0.15) is 55.1 Å². The van der Waals surface area contributed by atoms with Gasteiger partial charge in [-0.25, -0.2) is 0 Å². The van der Waals surface area contributed by atoms with Crippen LogP contribution in [-0.4, -0.2) is 66.2 Å². The molecule has 3 fully saturated rings. The maximum Gasteiger partial charge on any atom is 0.327 e. The molecule has 37 heavy (non-hydrogen) atoms. The van der Waals surface area contributed by atoms with Gasteiger partial charge in [-0.1, -0.05) is 36.4 Å². The Kier molecular flexibility index (Phi) is 6.40. The van der Waals surface area contributed by atoms with Gasteiger partial charge in [-0.2, -0.15) is 0 Å². The fraction of sp³-hybridized carbons (Fsp3) is 0.448. The van der Waals surface area contributed by atoms with E-state index in [4.69, 9.17) is 9.47 Å². The highest BCUT2D eigenvalue weighted by molar-refractivity contribution is 6.09. The van der Waals surface area contributed by atoms with Gasteiger partial charge >= 0.3 is 5.97 Å². The van der Waals surface area contributed by atoms with Gasteiger partial charge in [-0.15, -0.1) is 0 Å². The Balaban J connectivity index is 1.63. The summed E-state index contributed by atoms with van der Waals surface area (Å²) in [6, 6.07) is 12.7. The van der Waals surface area contributed by atoms with Crippen molar-refractivity contribution in [2.75, 3.05) is 27.3 Å². The van der Waals surface area contributed by atoms with E-state index in [2.05, 4.69) is 4.90 Å². The van der Waals surface area contributed by atoms with Gasteiger partial charge in [0.05, 0.1) is 26.1 Å². The third kappa shape index (κ3) is 3.61. The number of rotatable bonds is 6. The number of amides is 2. The van der Waals surface area contributed by atoms with Crippen molar-refractivity contribution in [3.63, 3.8) is 0 Å². The van der Waals surface area contributed by atoms with Crippen LogP contribution in [0.25, 0.3) is 11.1 Å². The molecule has 0 spiro atoms. The summed E-state index contributed by atoms with van der Waals surface area (Å²) < 4.78 is 11.0. The summed E-state index contributed by atoms with van der Waals surface area (Å²) in [7, 11) is 2.94. The molecule has 0 aromatic heterocycles. The van der Waals surface area contributed by atoms with Crippen LogP contribution in [0, 0.1) is 11.8 Å². The van der Waals surface area contributed by atoms with Crippen LogP contribution in [0.5, 0.6) is 5.75 Å². The van der Waals surface area contributed by atoms with E-state index in [1.807, 2.05) is 30.3 Å². The minimum absolute atomic E-state index is 0.00262. The predicted molar refractivity (Wildman–Crippen MR) is 136 cm³/mol. The largest absolute Gasteiger partial charge is 0.496 e. The van der Waals surface area contributed by atoms with Gasteiger partial charge < -0.3 is 9.47 Å². The summed E-state index contributed by atoms with van der Waals surface area (Å²) in [6.07, 6.45) is 2.13. The normalized spacial score (nSPS) is 27.1. The molecule has 0 aliphatic carbocycles. The zero-order valence-corrected chi connectivity index (χ0v) is 21.7. The molecular formula is C29H32N2O6. The second-order valence-corrected chi connectivity index (χ2v) is 10.0. The van der Waals surface area contributed by atoms with E-state index in [9.17, 15) is 19.2 Å². The van der Waals surface area contributed by atoms with Crippen molar-refractivity contribution < 1.29 is 28.7 Å². The molecule has 0 bridgehead atoms. The maximum absolute atomic E-state index is 13.6. The fourth-order valence-electron chi connectivity index (χ4n) is 6.74.